The Morgan fingerprint density at radius 2 is 1.60 bits per heavy atom. The first kappa shape index (κ1) is 12.9. The predicted octanol–water partition coefficient (Wildman–Crippen LogP) is 3.58. The minimum atomic E-state index is -0.0546. The van der Waals surface area contributed by atoms with E-state index in [0.29, 0.717) is 12.5 Å². The third-order valence-corrected chi connectivity index (χ3v) is 3.93. The predicted molar refractivity (Wildman–Crippen MR) is 78.4 cm³/mol. The number of carbonyl (C=O) groups excluding carboxylic acids is 1. The molecule has 2 atom stereocenters. The lowest BCUT2D eigenvalue weighted by molar-refractivity contribution is -0.154. The van der Waals surface area contributed by atoms with Crippen molar-refractivity contribution < 1.29 is 9.53 Å². The summed E-state index contributed by atoms with van der Waals surface area (Å²) in [4.78, 5) is 12.0. The van der Waals surface area contributed by atoms with Crippen LogP contribution in [0.15, 0.2) is 60.7 Å². The monoisotopic (exact) mass is 266 g/mol. The lowest BCUT2D eigenvalue weighted by Gasteiger charge is -2.28. The number of hydrogen-bond acceptors (Lipinski definition) is 2. The highest BCUT2D eigenvalue weighted by Gasteiger charge is 2.31. The van der Waals surface area contributed by atoms with Gasteiger partial charge in [0.1, 0.15) is 0 Å². The smallest absolute Gasteiger partial charge is 0.309 e. The van der Waals surface area contributed by atoms with Crippen LogP contribution in [0.1, 0.15) is 23.5 Å². The summed E-state index contributed by atoms with van der Waals surface area (Å²) in [5.74, 6) is 0.236. The van der Waals surface area contributed by atoms with E-state index in [1.54, 1.807) is 0 Å². The fraction of sp³-hybridized carbons (Fsp3) is 0.278. The van der Waals surface area contributed by atoms with Crippen LogP contribution in [0, 0.1) is 5.92 Å². The maximum Gasteiger partial charge on any atom is 0.309 e. The highest BCUT2D eigenvalue weighted by Crippen LogP contribution is 2.31. The van der Waals surface area contributed by atoms with E-state index in [1.165, 1.54) is 11.1 Å². The number of cyclic esters (lactones) is 1. The first-order valence-electron chi connectivity index (χ1n) is 7.08. The van der Waals surface area contributed by atoms with Crippen LogP contribution in [0.3, 0.4) is 0 Å². The van der Waals surface area contributed by atoms with Crippen molar-refractivity contribution in [3.63, 3.8) is 0 Å². The minimum absolute atomic E-state index is 0.0312. The molecule has 0 aliphatic carbocycles. The largest absolute Gasteiger partial charge is 0.465 e. The molecule has 1 aliphatic heterocycles. The molecule has 0 aromatic heterocycles. The zero-order chi connectivity index (χ0) is 13.8. The van der Waals surface area contributed by atoms with Crippen molar-refractivity contribution >= 4 is 5.97 Å². The standard InChI is InChI=1S/C18H18O2/c19-18-16(11-14-7-3-1-4-8-14)12-17(13-20-18)15-9-5-2-6-10-15/h1-10,16-17H,11-13H2/t16-,17+/m1/s1. The summed E-state index contributed by atoms with van der Waals surface area (Å²) in [5.41, 5.74) is 2.46. The maximum atomic E-state index is 12.0. The van der Waals surface area contributed by atoms with Crippen LogP contribution in [-0.2, 0) is 16.0 Å². The molecule has 0 N–H and O–H groups in total. The Morgan fingerprint density at radius 1 is 0.950 bits per heavy atom. The normalized spacial score (nSPS) is 22.3. The number of hydrogen-bond donors (Lipinski definition) is 0. The van der Waals surface area contributed by atoms with Crippen molar-refractivity contribution in [2.75, 3.05) is 6.61 Å². The highest BCUT2D eigenvalue weighted by molar-refractivity contribution is 5.73. The third-order valence-electron chi connectivity index (χ3n) is 3.93. The van der Waals surface area contributed by atoms with Gasteiger partial charge in [-0.25, -0.2) is 0 Å². The van der Waals surface area contributed by atoms with Crippen molar-refractivity contribution in [2.45, 2.75) is 18.8 Å². The molecule has 2 nitrogen and oxygen atoms in total. The fourth-order valence-electron chi connectivity index (χ4n) is 2.83. The van der Waals surface area contributed by atoms with Gasteiger partial charge in [0.2, 0.25) is 0 Å². The van der Waals surface area contributed by atoms with Crippen LogP contribution < -0.4 is 0 Å². The highest BCUT2D eigenvalue weighted by atomic mass is 16.5. The van der Waals surface area contributed by atoms with E-state index < -0.39 is 0 Å². The molecule has 1 heterocycles. The number of esters is 1. The van der Waals surface area contributed by atoms with E-state index in [0.717, 1.165) is 12.8 Å². The average molecular weight is 266 g/mol. The first-order valence-corrected chi connectivity index (χ1v) is 7.08. The molecule has 3 rings (SSSR count). The van der Waals surface area contributed by atoms with Crippen LogP contribution in [0.5, 0.6) is 0 Å². The summed E-state index contributed by atoms with van der Waals surface area (Å²) in [7, 11) is 0. The summed E-state index contributed by atoms with van der Waals surface area (Å²) in [6.45, 7) is 0.508. The van der Waals surface area contributed by atoms with E-state index in [2.05, 4.69) is 24.3 Å². The van der Waals surface area contributed by atoms with Gasteiger partial charge in [-0.15, -0.1) is 0 Å². The average Bonchev–Trinajstić information content (AvgIpc) is 2.51. The van der Waals surface area contributed by atoms with Crippen LogP contribution in [0.2, 0.25) is 0 Å². The second kappa shape index (κ2) is 5.91. The van der Waals surface area contributed by atoms with E-state index in [1.807, 2.05) is 36.4 Å². The Morgan fingerprint density at radius 3 is 2.30 bits per heavy atom. The van der Waals surface area contributed by atoms with Crippen LogP contribution >= 0.6 is 0 Å². The second-order valence-electron chi connectivity index (χ2n) is 5.36. The van der Waals surface area contributed by atoms with E-state index in [4.69, 9.17) is 4.74 Å². The Labute approximate surface area is 119 Å². The van der Waals surface area contributed by atoms with Gasteiger partial charge in [-0.1, -0.05) is 60.7 Å². The molecule has 2 aromatic rings. The third kappa shape index (κ3) is 2.90. The summed E-state index contributed by atoms with van der Waals surface area (Å²) < 4.78 is 5.39. The minimum Gasteiger partial charge on any atom is -0.465 e. The molecule has 0 radical (unpaired) electrons. The molecule has 0 spiro atoms. The van der Waals surface area contributed by atoms with Gasteiger partial charge in [-0.2, -0.15) is 0 Å². The van der Waals surface area contributed by atoms with Gasteiger partial charge in [0, 0.05) is 5.92 Å². The summed E-state index contributed by atoms with van der Waals surface area (Å²) in [6, 6.07) is 20.5. The van der Waals surface area contributed by atoms with Crippen LogP contribution in [-0.4, -0.2) is 12.6 Å². The second-order valence-corrected chi connectivity index (χ2v) is 5.36. The van der Waals surface area contributed by atoms with Crippen molar-refractivity contribution in [1.29, 1.82) is 0 Å². The molecule has 0 bridgehead atoms. The molecule has 0 amide bonds. The Hall–Kier alpha value is -2.09. The lowest BCUT2D eigenvalue weighted by Crippen LogP contribution is -2.30. The Kier molecular flexibility index (Phi) is 3.82. The SMILES string of the molecule is O=C1OC[C@@H](c2ccccc2)C[C@H]1Cc1ccccc1. The van der Waals surface area contributed by atoms with Gasteiger partial charge in [-0.05, 0) is 24.0 Å². The summed E-state index contributed by atoms with van der Waals surface area (Å²) >= 11 is 0. The molecule has 2 heteroatoms. The van der Waals surface area contributed by atoms with E-state index in [-0.39, 0.29) is 11.9 Å². The number of rotatable bonds is 3. The van der Waals surface area contributed by atoms with Gasteiger partial charge in [-0.3, -0.25) is 4.79 Å². The van der Waals surface area contributed by atoms with E-state index >= 15 is 0 Å². The quantitative estimate of drug-likeness (QED) is 0.794. The van der Waals surface area contributed by atoms with Gasteiger partial charge in [0.05, 0.1) is 12.5 Å². The molecule has 1 fully saturated rings. The fourth-order valence-corrected chi connectivity index (χ4v) is 2.83. The zero-order valence-electron chi connectivity index (χ0n) is 11.4. The summed E-state index contributed by atoms with van der Waals surface area (Å²) in [6.07, 6.45) is 1.64. The summed E-state index contributed by atoms with van der Waals surface area (Å²) in [5, 5.41) is 0. The Balaban J connectivity index is 1.72. The van der Waals surface area contributed by atoms with Crippen LogP contribution in [0.25, 0.3) is 0 Å². The molecule has 102 valence electrons. The molecule has 0 saturated carbocycles. The zero-order valence-corrected chi connectivity index (χ0v) is 11.4. The van der Waals surface area contributed by atoms with Crippen molar-refractivity contribution in [3.05, 3.63) is 71.8 Å². The topological polar surface area (TPSA) is 26.3 Å². The molecular formula is C18H18O2. The maximum absolute atomic E-state index is 12.0. The number of carbonyl (C=O) groups is 1. The van der Waals surface area contributed by atoms with Crippen LogP contribution in [0.4, 0.5) is 0 Å². The van der Waals surface area contributed by atoms with Gasteiger partial charge in [0.15, 0.2) is 0 Å². The number of ether oxygens (including phenoxy) is 1. The molecule has 1 saturated heterocycles. The van der Waals surface area contributed by atoms with Crippen molar-refractivity contribution in [2.24, 2.45) is 5.92 Å². The molecule has 1 aliphatic rings. The molecular weight excluding hydrogens is 248 g/mol. The van der Waals surface area contributed by atoms with Gasteiger partial charge < -0.3 is 4.74 Å². The van der Waals surface area contributed by atoms with Gasteiger partial charge >= 0.3 is 5.97 Å². The van der Waals surface area contributed by atoms with E-state index in [9.17, 15) is 4.79 Å². The Bertz CT molecular complexity index is 562. The first-order chi connectivity index (χ1) is 9.83. The number of benzene rings is 2. The molecule has 2 aromatic carbocycles. The van der Waals surface area contributed by atoms with Crippen molar-refractivity contribution in [3.8, 4) is 0 Å². The van der Waals surface area contributed by atoms with Gasteiger partial charge in [0.25, 0.3) is 0 Å². The molecule has 0 unspecified atom stereocenters. The lowest BCUT2D eigenvalue weighted by atomic mass is 9.84. The molecule has 20 heavy (non-hydrogen) atoms. The van der Waals surface area contributed by atoms with Crippen molar-refractivity contribution in [1.82, 2.24) is 0 Å².